The van der Waals surface area contributed by atoms with Crippen molar-refractivity contribution in [1.29, 1.82) is 0 Å². The molecular weight excluding hydrogens is 238 g/mol. The highest BCUT2D eigenvalue weighted by molar-refractivity contribution is 7.18. The van der Waals surface area contributed by atoms with E-state index in [9.17, 15) is 0 Å². The molecule has 0 unspecified atom stereocenters. The molecular formula is C16H15NS. The Hall–Kier alpha value is -1.67. The predicted molar refractivity (Wildman–Crippen MR) is 78.2 cm³/mol. The van der Waals surface area contributed by atoms with E-state index >= 15 is 0 Å². The Morgan fingerprint density at radius 2 is 1.72 bits per heavy atom. The fourth-order valence-electron chi connectivity index (χ4n) is 2.16. The molecule has 0 N–H and O–H groups in total. The number of rotatable bonds is 3. The van der Waals surface area contributed by atoms with Crippen LogP contribution in [0.25, 0.3) is 10.2 Å². The number of hydrogen-bond donors (Lipinski definition) is 0. The van der Waals surface area contributed by atoms with Gasteiger partial charge in [-0.05, 0) is 36.6 Å². The monoisotopic (exact) mass is 253 g/mol. The summed E-state index contributed by atoms with van der Waals surface area (Å²) >= 11 is 1.81. The van der Waals surface area contributed by atoms with Crippen molar-refractivity contribution >= 4 is 21.6 Å². The zero-order chi connectivity index (χ0) is 12.4. The summed E-state index contributed by atoms with van der Waals surface area (Å²) in [4.78, 5) is 4.68. The molecule has 1 aromatic heterocycles. The molecule has 2 aromatic carbocycles. The molecule has 3 rings (SSSR count). The van der Waals surface area contributed by atoms with Gasteiger partial charge >= 0.3 is 0 Å². The van der Waals surface area contributed by atoms with Crippen molar-refractivity contribution in [2.24, 2.45) is 0 Å². The minimum absolute atomic E-state index is 1.03. The van der Waals surface area contributed by atoms with Crippen LogP contribution in [0.15, 0.2) is 48.5 Å². The summed E-state index contributed by atoms with van der Waals surface area (Å²) in [5, 5.41) is 1.24. The molecule has 1 heterocycles. The van der Waals surface area contributed by atoms with Gasteiger partial charge in [0.15, 0.2) is 0 Å². The summed E-state index contributed by atoms with van der Waals surface area (Å²) in [7, 11) is 0. The normalized spacial score (nSPS) is 10.9. The van der Waals surface area contributed by atoms with Gasteiger partial charge in [0.2, 0.25) is 0 Å². The Balaban J connectivity index is 1.79. The van der Waals surface area contributed by atoms with Gasteiger partial charge in [0.1, 0.15) is 0 Å². The van der Waals surface area contributed by atoms with Crippen molar-refractivity contribution < 1.29 is 0 Å². The number of aryl methyl sites for hydroxylation is 3. The van der Waals surface area contributed by atoms with Gasteiger partial charge in [-0.3, -0.25) is 0 Å². The summed E-state index contributed by atoms with van der Waals surface area (Å²) in [6.07, 6.45) is 2.11. The fourth-order valence-corrected chi connectivity index (χ4v) is 3.13. The summed E-state index contributed by atoms with van der Waals surface area (Å²) < 4.78 is 1.29. The van der Waals surface area contributed by atoms with Crippen LogP contribution in [0.2, 0.25) is 0 Å². The van der Waals surface area contributed by atoms with Gasteiger partial charge in [0, 0.05) is 6.42 Å². The highest BCUT2D eigenvalue weighted by Gasteiger charge is 2.04. The molecule has 1 nitrogen and oxygen atoms in total. The molecule has 2 heteroatoms. The highest BCUT2D eigenvalue weighted by atomic mass is 32.1. The molecule has 0 aliphatic heterocycles. The number of hydrogen-bond acceptors (Lipinski definition) is 2. The Morgan fingerprint density at radius 1 is 0.944 bits per heavy atom. The predicted octanol–water partition coefficient (Wildman–Crippen LogP) is 4.39. The molecule has 18 heavy (non-hydrogen) atoms. The Kier molecular flexibility index (Phi) is 3.11. The Bertz CT molecular complexity index is 636. The lowest BCUT2D eigenvalue weighted by Gasteiger charge is -2.02. The fraction of sp³-hybridized carbons (Fsp3) is 0.188. The largest absolute Gasteiger partial charge is 0.241 e. The average Bonchev–Trinajstić information content (AvgIpc) is 2.80. The maximum absolute atomic E-state index is 4.68. The molecule has 0 saturated heterocycles. The minimum Gasteiger partial charge on any atom is -0.241 e. The third kappa shape index (κ3) is 2.29. The molecule has 3 aromatic rings. The molecule has 0 bridgehead atoms. The SMILES string of the molecule is Cc1ccccc1CCc1nc2ccccc2s1. The molecule has 0 atom stereocenters. The Morgan fingerprint density at radius 3 is 2.56 bits per heavy atom. The maximum Gasteiger partial charge on any atom is 0.0941 e. The summed E-state index contributed by atoms with van der Waals surface area (Å²) in [5.74, 6) is 0. The van der Waals surface area contributed by atoms with Gasteiger partial charge in [-0.15, -0.1) is 11.3 Å². The first-order valence-corrected chi connectivity index (χ1v) is 7.03. The van der Waals surface area contributed by atoms with Crippen LogP contribution in [0.1, 0.15) is 16.1 Å². The second kappa shape index (κ2) is 4.91. The van der Waals surface area contributed by atoms with Crippen molar-refractivity contribution in [2.75, 3.05) is 0 Å². The molecule has 0 aliphatic carbocycles. The summed E-state index contributed by atoms with van der Waals surface area (Å²) in [5.41, 5.74) is 3.93. The van der Waals surface area contributed by atoms with Crippen LogP contribution in [0, 0.1) is 6.92 Å². The van der Waals surface area contributed by atoms with Crippen LogP contribution in [-0.2, 0) is 12.8 Å². The average molecular weight is 253 g/mol. The van der Waals surface area contributed by atoms with Crippen molar-refractivity contribution in [2.45, 2.75) is 19.8 Å². The number of aromatic nitrogens is 1. The van der Waals surface area contributed by atoms with E-state index in [-0.39, 0.29) is 0 Å². The standard InChI is InChI=1S/C16H15NS/c1-12-6-2-3-7-13(12)10-11-16-17-14-8-4-5-9-15(14)18-16/h2-9H,10-11H2,1H3. The van der Waals surface area contributed by atoms with E-state index in [1.165, 1.54) is 20.8 Å². The van der Waals surface area contributed by atoms with E-state index < -0.39 is 0 Å². The molecule has 0 spiro atoms. The van der Waals surface area contributed by atoms with Gasteiger partial charge in [0.25, 0.3) is 0 Å². The lowest BCUT2D eigenvalue weighted by atomic mass is 10.0. The van der Waals surface area contributed by atoms with E-state index in [1.54, 1.807) is 0 Å². The molecule has 0 radical (unpaired) electrons. The van der Waals surface area contributed by atoms with Gasteiger partial charge in [-0.25, -0.2) is 4.98 Å². The number of para-hydroxylation sites is 1. The minimum atomic E-state index is 1.03. The summed E-state index contributed by atoms with van der Waals surface area (Å²) in [6.45, 7) is 2.17. The zero-order valence-electron chi connectivity index (χ0n) is 10.4. The van der Waals surface area contributed by atoms with Gasteiger partial charge in [-0.2, -0.15) is 0 Å². The van der Waals surface area contributed by atoms with Gasteiger partial charge in [-0.1, -0.05) is 36.4 Å². The van der Waals surface area contributed by atoms with E-state index in [2.05, 4.69) is 54.4 Å². The first kappa shape index (κ1) is 11.4. The molecule has 0 amide bonds. The smallest absolute Gasteiger partial charge is 0.0941 e. The highest BCUT2D eigenvalue weighted by Crippen LogP contribution is 2.23. The Labute approximate surface area is 111 Å². The second-order valence-electron chi connectivity index (χ2n) is 4.50. The van der Waals surface area contributed by atoms with E-state index in [0.29, 0.717) is 0 Å². The first-order chi connectivity index (χ1) is 8.83. The van der Waals surface area contributed by atoms with Crippen molar-refractivity contribution in [3.8, 4) is 0 Å². The number of fused-ring (bicyclic) bond motifs is 1. The zero-order valence-corrected chi connectivity index (χ0v) is 11.2. The van der Waals surface area contributed by atoms with E-state index in [0.717, 1.165) is 18.4 Å². The second-order valence-corrected chi connectivity index (χ2v) is 5.62. The van der Waals surface area contributed by atoms with Crippen LogP contribution in [0.5, 0.6) is 0 Å². The first-order valence-electron chi connectivity index (χ1n) is 6.22. The van der Waals surface area contributed by atoms with Crippen LogP contribution in [0.3, 0.4) is 0 Å². The third-order valence-corrected chi connectivity index (χ3v) is 4.30. The maximum atomic E-state index is 4.68. The molecule has 0 fully saturated rings. The van der Waals surface area contributed by atoms with Crippen LogP contribution in [0.4, 0.5) is 0 Å². The van der Waals surface area contributed by atoms with Crippen LogP contribution < -0.4 is 0 Å². The van der Waals surface area contributed by atoms with Crippen LogP contribution in [-0.4, -0.2) is 4.98 Å². The van der Waals surface area contributed by atoms with E-state index in [4.69, 9.17) is 0 Å². The van der Waals surface area contributed by atoms with Crippen LogP contribution >= 0.6 is 11.3 Å². The quantitative estimate of drug-likeness (QED) is 0.674. The van der Waals surface area contributed by atoms with Crippen molar-refractivity contribution in [3.05, 3.63) is 64.7 Å². The lowest BCUT2D eigenvalue weighted by Crippen LogP contribution is -1.93. The topological polar surface area (TPSA) is 12.9 Å². The van der Waals surface area contributed by atoms with E-state index in [1.807, 2.05) is 17.4 Å². The molecule has 0 aliphatic rings. The van der Waals surface area contributed by atoms with Gasteiger partial charge in [0.05, 0.1) is 15.2 Å². The number of thiazole rings is 1. The number of benzene rings is 2. The molecule has 0 saturated carbocycles. The van der Waals surface area contributed by atoms with Crippen molar-refractivity contribution in [1.82, 2.24) is 4.98 Å². The third-order valence-electron chi connectivity index (χ3n) is 3.21. The van der Waals surface area contributed by atoms with Gasteiger partial charge < -0.3 is 0 Å². The molecule has 90 valence electrons. The summed E-state index contributed by atoms with van der Waals surface area (Å²) in [6, 6.07) is 16.9. The lowest BCUT2D eigenvalue weighted by molar-refractivity contribution is 0.939. The van der Waals surface area contributed by atoms with Crippen molar-refractivity contribution in [3.63, 3.8) is 0 Å². The number of nitrogens with zero attached hydrogens (tertiary/aromatic N) is 1.